The summed E-state index contributed by atoms with van der Waals surface area (Å²) < 4.78 is 12.1. The van der Waals surface area contributed by atoms with Crippen LogP contribution in [0.1, 0.15) is 32.6 Å². The Morgan fingerprint density at radius 2 is 1.88 bits per heavy atom. The lowest BCUT2D eigenvalue weighted by Crippen LogP contribution is -2.17. The molecule has 0 atom stereocenters. The van der Waals surface area contributed by atoms with Crippen LogP contribution in [0.3, 0.4) is 0 Å². The van der Waals surface area contributed by atoms with Crippen LogP contribution in [0.25, 0.3) is 0 Å². The number of phenols is 1. The van der Waals surface area contributed by atoms with Crippen LogP contribution in [0.5, 0.6) is 17.2 Å². The quantitative estimate of drug-likeness (QED) is 0.308. The molecule has 32 heavy (non-hydrogen) atoms. The molecule has 0 fully saturated rings. The fraction of sp³-hybridized carbons (Fsp3) is 0.167. The van der Waals surface area contributed by atoms with Crippen LogP contribution in [0.4, 0.5) is 0 Å². The number of aryl methyl sites for hydroxylation is 2. The highest BCUT2D eigenvalue weighted by molar-refractivity contribution is 9.10. The van der Waals surface area contributed by atoms with Crippen molar-refractivity contribution in [2.24, 2.45) is 5.10 Å². The first kappa shape index (κ1) is 23.6. The molecular formula is C24H22BrClN2O4. The largest absolute Gasteiger partial charge is 0.507 e. The highest BCUT2D eigenvalue weighted by Crippen LogP contribution is 2.28. The van der Waals surface area contributed by atoms with Gasteiger partial charge in [0.15, 0.2) is 0 Å². The van der Waals surface area contributed by atoms with Gasteiger partial charge in [0.05, 0.1) is 18.9 Å². The minimum absolute atomic E-state index is 0.119. The van der Waals surface area contributed by atoms with Crippen LogP contribution in [0.2, 0.25) is 5.02 Å². The van der Waals surface area contributed by atoms with Gasteiger partial charge in [0, 0.05) is 15.1 Å². The number of nitrogens with zero attached hydrogens (tertiary/aromatic N) is 1. The fourth-order valence-corrected chi connectivity index (χ4v) is 3.53. The molecule has 0 bridgehead atoms. The molecule has 0 heterocycles. The smallest absolute Gasteiger partial charge is 0.275 e. The maximum atomic E-state index is 12.3. The van der Waals surface area contributed by atoms with Crippen LogP contribution in [-0.2, 0) is 6.61 Å². The summed E-state index contributed by atoms with van der Waals surface area (Å²) in [6, 6.07) is 13.8. The Labute approximate surface area is 200 Å². The van der Waals surface area contributed by atoms with Crippen molar-refractivity contribution in [3.63, 3.8) is 0 Å². The minimum atomic E-state index is -0.523. The van der Waals surface area contributed by atoms with Crippen LogP contribution in [0.15, 0.2) is 58.1 Å². The van der Waals surface area contributed by atoms with Gasteiger partial charge in [-0.25, -0.2) is 5.43 Å². The fourth-order valence-electron chi connectivity index (χ4n) is 3.06. The number of rotatable bonds is 7. The number of nitrogens with one attached hydrogen (secondary N) is 1. The molecule has 3 aromatic carbocycles. The molecule has 0 aliphatic carbocycles. The molecular weight excluding hydrogens is 496 g/mol. The summed E-state index contributed by atoms with van der Waals surface area (Å²) in [7, 11) is 1.59. The predicted molar refractivity (Wildman–Crippen MR) is 129 cm³/mol. The van der Waals surface area contributed by atoms with Crippen molar-refractivity contribution in [1.29, 1.82) is 0 Å². The number of carbonyl (C=O) groups excluding carboxylic acids is 1. The Hall–Kier alpha value is -3.03. The number of hydrazone groups is 1. The van der Waals surface area contributed by atoms with Gasteiger partial charge >= 0.3 is 0 Å². The van der Waals surface area contributed by atoms with E-state index >= 15 is 0 Å². The molecule has 0 aliphatic heterocycles. The standard InChI is InChI=1S/C24H22BrClN2O4/c1-14-8-19(9-15(2)23(14)26)32-13-17-10-16(4-7-22(17)31-3)12-27-28-24(30)20-11-18(25)5-6-21(20)29/h4-12,29H,13H2,1-3H3,(H,28,30). The van der Waals surface area contributed by atoms with E-state index in [1.165, 1.54) is 18.3 Å². The van der Waals surface area contributed by atoms with Crippen LogP contribution in [-0.4, -0.2) is 24.3 Å². The molecule has 0 aromatic heterocycles. The second kappa shape index (κ2) is 10.5. The van der Waals surface area contributed by atoms with Gasteiger partial charge in [-0.3, -0.25) is 4.79 Å². The highest BCUT2D eigenvalue weighted by atomic mass is 79.9. The molecule has 0 aliphatic rings. The molecule has 0 radical (unpaired) electrons. The molecule has 1 amide bonds. The van der Waals surface area contributed by atoms with Crippen LogP contribution in [0, 0.1) is 13.8 Å². The maximum absolute atomic E-state index is 12.3. The third kappa shape index (κ3) is 5.81. The molecule has 0 spiro atoms. The normalized spacial score (nSPS) is 10.9. The highest BCUT2D eigenvalue weighted by Gasteiger charge is 2.11. The molecule has 3 rings (SSSR count). The van der Waals surface area contributed by atoms with Gasteiger partial charge in [-0.15, -0.1) is 0 Å². The SMILES string of the molecule is COc1ccc(C=NNC(=O)c2cc(Br)ccc2O)cc1COc1cc(C)c(Cl)c(C)c1. The Morgan fingerprint density at radius 1 is 1.16 bits per heavy atom. The van der Waals surface area contributed by atoms with Crippen molar-refractivity contribution >= 4 is 39.7 Å². The number of amides is 1. The lowest BCUT2D eigenvalue weighted by Gasteiger charge is -2.13. The zero-order valence-electron chi connectivity index (χ0n) is 17.8. The molecule has 8 heteroatoms. The Kier molecular flexibility index (Phi) is 7.77. The molecule has 0 saturated carbocycles. The van der Waals surface area contributed by atoms with E-state index in [1.54, 1.807) is 19.2 Å². The van der Waals surface area contributed by atoms with E-state index in [0.29, 0.717) is 16.0 Å². The lowest BCUT2D eigenvalue weighted by atomic mass is 10.1. The first-order valence-corrected chi connectivity index (χ1v) is 10.8. The van der Waals surface area contributed by atoms with Gasteiger partial charge in [0.1, 0.15) is 23.9 Å². The van der Waals surface area contributed by atoms with Gasteiger partial charge in [-0.1, -0.05) is 27.5 Å². The molecule has 3 aromatic rings. The number of ether oxygens (including phenoxy) is 2. The number of hydrogen-bond acceptors (Lipinski definition) is 5. The lowest BCUT2D eigenvalue weighted by molar-refractivity contribution is 0.0952. The number of aromatic hydroxyl groups is 1. The van der Waals surface area contributed by atoms with E-state index < -0.39 is 5.91 Å². The van der Waals surface area contributed by atoms with E-state index in [4.69, 9.17) is 21.1 Å². The summed E-state index contributed by atoms with van der Waals surface area (Å²) in [6.07, 6.45) is 1.51. The van der Waals surface area contributed by atoms with Gasteiger partial charge in [0.2, 0.25) is 0 Å². The first-order valence-electron chi connectivity index (χ1n) is 9.67. The van der Waals surface area contributed by atoms with Crippen LogP contribution >= 0.6 is 27.5 Å². The molecule has 166 valence electrons. The second-order valence-corrected chi connectivity index (χ2v) is 8.39. The van der Waals surface area contributed by atoms with Gasteiger partial charge in [-0.2, -0.15) is 5.10 Å². The number of halogens is 2. The summed E-state index contributed by atoms with van der Waals surface area (Å²) in [5, 5.41) is 14.6. The molecule has 6 nitrogen and oxygen atoms in total. The summed E-state index contributed by atoms with van der Waals surface area (Å²) in [5.74, 6) is 0.738. The average Bonchev–Trinajstić information content (AvgIpc) is 2.77. The second-order valence-electron chi connectivity index (χ2n) is 7.09. The van der Waals surface area contributed by atoms with Gasteiger partial charge in [0.25, 0.3) is 5.91 Å². The van der Waals surface area contributed by atoms with Crippen molar-refractivity contribution in [1.82, 2.24) is 5.43 Å². The number of hydrogen-bond donors (Lipinski definition) is 2. The topological polar surface area (TPSA) is 80.2 Å². The van der Waals surface area contributed by atoms with Crippen LogP contribution < -0.4 is 14.9 Å². The number of methoxy groups -OCH3 is 1. The van der Waals surface area contributed by atoms with E-state index in [-0.39, 0.29) is 17.9 Å². The summed E-state index contributed by atoms with van der Waals surface area (Å²) >= 11 is 9.50. The van der Waals surface area contributed by atoms with Gasteiger partial charge in [-0.05, 0) is 79.1 Å². The molecule has 0 saturated heterocycles. The third-order valence-corrected chi connectivity index (χ3v) is 5.78. The summed E-state index contributed by atoms with van der Waals surface area (Å²) in [6.45, 7) is 4.15. The number of carbonyl (C=O) groups is 1. The maximum Gasteiger partial charge on any atom is 0.275 e. The zero-order chi connectivity index (χ0) is 23.3. The Morgan fingerprint density at radius 3 is 2.56 bits per heavy atom. The van der Waals surface area contributed by atoms with E-state index in [9.17, 15) is 9.90 Å². The van der Waals surface area contributed by atoms with Crippen molar-refractivity contribution in [2.45, 2.75) is 20.5 Å². The number of phenolic OH excluding ortho intramolecular Hbond substituents is 1. The van der Waals surface area contributed by atoms with Crippen molar-refractivity contribution in [3.8, 4) is 17.2 Å². The van der Waals surface area contributed by atoms with E-state index in [0.717, 1.165) is 27.3 Å². The van der Waals surface area contributed by atoms with E-state index in [1.807, 2.05) is 38.1 Å². The average molecular weight is 518 g/mol. The van der Waals surface area contributed by atoms with Crippen molar-refractivity contribution in [2.75, 3.05) is 7.11 Å². The Bertz CT molecular complexity index is 1160. The van der Waals surface area contributed by atoms with Crippen molar-refractivity contribution < 1.29 is 19.4 Å². The molecule has 2 N–H and O–H groups in total. The Balaban J connectivity index is 1.71. The number of benzene rings is 3. The minimum Gasteiger partial charge on any atom is -0.507 e. The summed E-state index contributed by atoms with van der Waals surface area (Å²) in [4.78, 5) is 12.3. The van der Waals surface area contributed by atoms with E-state index in [2.05, 4.69) is 26.5 Å². The summed E-state index contributed by atoms with van der Waals surface area (Å²) in [5.41, 5.74) is 5.98. The predicted octanol–water partition coefficient (Wildman–Crippen LogP) is 5.78. The van der Waals surface area contributed by atoms with Crippen molar-refractivity contribution in [3.05, 3.63) is 85.8 Å². The molecule has 0 unspecified atom stereocenters. The monoisotopic (exact) mass is 516 g/mol. The van der Waals surface area contributed by atoms with Gasteiger partial charge < -0.3 is 14.6 Å². The third-order valence-electron chi connectivity index (χ3n) is 4.69. The first-order chi connectivity index (χ1) is 15.3. The zero-order valence-corrected chi connectivity index (χ0v) is 20.1.